The number of halogens is 1. The minimum Gasteiger partial charge on any atom is -0.462 e. The molecule has 25 heavy (non-hydrogen) atoms. The van der Waals surface area contributed by atoms with E-state index in [0.29, 0.717) is 16.3 Å². The Morgan fingerprint density at radius 3 is 2.28 bits per heavy atom. The van der Waals surface area contributed by atoms with Crippen LogP contribution in [-0.4, -0.2) is 27.5 Å². The van der Waals surface area contributed by atoms with Crippen LogP contribution in [-0.2, 0) is 14.8 Å². The van der Waals surface area contributed by atoms with Crippen LogP contribution in [0.4, 0.5) is 5.69 Å². The Hall–Kier alpha value is -2.31. The highest BCUT2D eigenvalue weighted by Gasteiger charge is 2.24. The number of benzene rings is 2. The van der Waals surface area contributed by atoms with Crippen LogP contribution in [0.15, 0.2) is 66.1 Å². The normalized spacial score (nSPS) is 11.0. The first-order valence-corrected chi connectivity index (χ1v) is 9.38. The van der Waals surface area contributed by atoms with Gasteiger partial charge in [0.1, 0.15) is 0 Å². The standard InChI is InChI=1S/C18H18ClNO4S/c1-3-13-20(25(22,23)17-11-7-15(19)8-12-17)16-9-5-14(6-10-16)18(21)24-4-2/h3,5-12H,1,4,13H2,2H3. The minimum absolute atomic E-state index is 0.0870. The molecule has 0 aliphatic heterocycles. The summed E-state index contributed by atoms with van der Waals surface area (Å²) in [4.78, 5) is 11.8. The lowest BCUT2D eigenvalue weighted by atomic mass is 10.2. The predicted octanol–water partition coefficient (Wildman–Crippen LogP) is 3.90. The summed E-state index contributed by atoms with van der Waals surface area (Å²) in [6, 6.07) is 12.1. The summed E-state index contributed by atoms with van der Waals surface area (Å²) < 4.78 is 31.9. The first kappa shape index (κ1) is 19.0. The van der Waals surface area contributed by atoms with E-state index in [-0.39, 0.29) is 18.0 Å². The van der Waals surface area contributed by atoms with Crippen molar-refractivity contribution in [2.24, 2.45) is 0 Å². The predicted molar refractivity (Wildman–Crippen MR) is 98.6 cm³/mol. The Labute approximate surface area is 152 Å². The zero-order valence-corrected chi connectivity index (χ0v) is 15.3. The monoisotopic (exact) mass is 379 g/mol. The summed E-state index contributed by atoms with van der Waals surface area (Å²) in [6.45, 7) is 5.69. The molecule has 0 atom stereocenters. The maximum absolute atomic E-state index is 12.9. The summed E-state index contributed by atoms with van der Waals surface area (Å²) in [5.74, 6) is -0.454. The van der Waals surface area contributed by atoms with Crippen LogP contribution in [0.1, 0.15) is 17.3 Å². The molecule has 0 N–H and O–H groups in total. The molecule has 0 aromatic heterocycles. The third-order valence-electron chi connectivity index (χ3n) is 3.36. The van der Waals surface area contributed by atoms with Crippen LogP contribution in [0, 0.1) is 0 Å². The van der Waals surface area contributed by atoms with Crippen molar-refractivity contribution in [2.45, 2.75) is 11.8 Å². The second-order valence-electron chi connectivity index (χ2n) is 5.05. The quantitative estimate of drug-likeness (QED) is 0.540. The van der Waals surface area contributed by atoms with Gasteiger partial charge in [0.15, 0.2) is 0 Å². The van der Waals surface area contributed by atoms with E-state index < -0.39 is 16.0 Å². The Balaban J connectivity index is 2.38. The summed E-state index contributed by atoms with van der Waals surface area (Å²) >= 11 is 5.82. The van der Waals surface area contributed by atoms with Crippen LogP contribution in [0.3, 0.4) is 0 Å². The van der Waals surface area contributed by atoms with Gasteiger partial charge in [-0.15, -0.1) is 6.58 Å². The van der Waals surface area contributed by atoms with Crippen molar-refractivity contribution < 1.29 is 17.9 Å². The molecule has 0 radical (unpaired) electrons. The fraction of sp³-hybridized carbons (Fsp3) is 0.167. The van der Waals surface area contributed by atoms with E-state index in [9.17, 15) is 13.2 Å². The largest absolute Gasteiger partial charge is 0.462 e. The molecule has 2 aromatic rings. The molecule has 7 heteroatoms. The van der Waals surface area contributed by atoms with Gasteiger partial charge in [0, 0.05) is 5.02 Å². The van der Waals surface area contributed by atoms with Gasteiger partial charge >= 0.3 is 5.97 Å². The number of rotatable bonds is 7. The maximum atomic E-state index is 12.9. The first-order valence-electron chi connectivity index (χ1n) is 7.56. The van der Waals surface area contributed by atoms with Crippen LogP contribution in [0.5, 0.6) is 0 Å². The summed E-state index contributed by atoms with van der Waals surface area (Å²) in [7, 11) is -3.79. The fourth-order valence-electron chi connectivity index (χ4n) is 2.17. The highest BCUT2D eigenvalue weighted by molar-refractivity contribution is 7.92. The molecule has 132 valence electrons. The molecular weight excluding hydrogens is 362 g/mol. The van der Waals surface area contributed by atoms with Crippen LogP contribution in [0.2, 0.25) is 5.02 Å². The van der Waals surface area contributed by atoms with E-state index in [1.807, 2.05) is 0 Å². The molecule has 0 amide bonds. The lowest BCUT2D eigenvalue weighted by Crippen LogP contribution is -2.31. The molecule has 0 bridgehead atoms. The van der Waals surface area contributed by atoms with Gasteiger partial charge in [-0.25, -0.2) is 13.2 Å². The van der Waals surface area contributed by atoms with Crippen LogP contribution in [0.25, 0.3) is 0 Å². The number of sulfonamides is 1. The third-order valence-corrected chi connectivity index (χ3v) is 5.42. The number of carbonyl (C=O) groups is 1. The lowest BCUT2D eigenvalue weighted by molar-refractivity contribution is 0.0526. The molecule has 0 unspecified atom stereocenters. The zero-order chi connectivity index (χ0) is 18.4. The van der Waals surface area contributed by atoms with Gasteiger partial charge in [-0.2, -0.15) is 0 Å². The topological polar surface area (TPSA) is 63.7 Å². The van der Waals surface area contributed by atoms with Crippen molar-refractivity contribution >= 4 is 33.3 Å². The average Bonchev–Trinajstić information content (AvgIpc) is 2.60. The molecular formula is C18H18ClNO4S. The van der Waals surface area contributed by atoms with Crippen molar-refractivity contribution in [3.8, 4) is 0 Å². The number of hydrogen-bond acceptors (Lipinski definition) is 4. The molecule has 0 saturated heterocycles. The molecule has 0 spiro atoms. The summed E-state index contributed by atoms with van der Waals surface area (Å²) in [5, 5.41) is 0.452. The highest BCUT2D eigenvalue weighted by atomic mass is 35.5. The third kappa shape index (κ3) is 4.41. The molecule has 5 nitrogen and oxygen atoms in total. The minimum atomic E-state index is -3.79. The molecule has 0 heterocycles. The number of hydrogen-bond donors (Lipinski definition) is 0. The molecule has 0 aliphatic rings. The van der Waals surface area contributed by atoms with Crippen molar-refractivity contribution in [1.82, 2.24) is 0 Å². The Morgan fingerprint density at radius 1 is 1.16 bits per heavy atom. The Kier molecular flexibility index (Phi) is 6.22. The van der Waals surface area contributed by atoms with Gasteiger partial charge in [0.2, 0.25) is 0 Å². The number of anilines is 1. The van der Waals surface area contributed by atoms with Crippen molar-refractivity contribution in [3.63, 3.8) is 0 Å². The molecule has 0 fully saturated rings. The number of esters is 1. The highest BCUT2D eigenvalue weighted by Crippen LogP contribution is 2.25. The van der Waals surface area contributed by atoms with Gasteiger partial charge in [-0.3, -0.25) is 4.31 Å². The van der Waals surface area contributed by atoms with Crippen molar-refractivity contribution in [1.29, 1.82) is 0 Å². The van der Waals surface area contributed by atoms with E-state index in [1.165, 1.54) is 46.8 Å². The molecule has 0 aliphatic carbocycles. The lowest BCUT2D eigenvalue weighted by Gasteiger charge is -2.23. The summed E-state index contributed by atoms with van der Waals surface area (Å²) in [5.41, 5.74) is 0.774. The van der Waals surface area contributed by atoms with Gasteiger partial charge < -0.3 is 4.74 Å². The van der Waals surface area contributed by atoms with Gasteiger partial charge in [0.05, 0.1) is 29.3 Å². The molecule has 2 aromatic carbocycles. The second kappa shape index (κ2) is 8.18. The zero-order valence-electron chi connectivity index (χ0n) is 13.7. The first-order chi connectivity index (χ1) is 11.9. The SMILES string of the molecule is C=CCN(c1ccc(C(=O)OCC)cc1)S(=O)(=O)c1ccc(Cl)cc1. The fourth-order valence-corrected chi connectivity index (χ4v) is 3.73. The summed E-state index contributed by atoms with van der Waals surface area (Å²) in [6.07, 6.45) is 1.49. The number of ether oxygens (including phenoxy) is 1. The van der Waals surface area contributed by atoms with Gasteiger partial charge in [-0.05, 0) is 55.5 Å². The smallest absolute Gasteiger partial charge is 0.338 e. The van der Waals surface area contributed by atoms with Crippen molar-refractivity contribution in [3.05, 3.63) is 71.8 Å². The number of nitrogens with zero attached hydrogens (tertiary/aromatic N) is 1. The van der Waals surface area contributed by atoms with Gasteiger partial charge in [0.25, 0.3) is 10.0 Å². The molecule has 0 saturated carbocycles. The maximum Gasteiger partial charge on any atom is 0.338 e. The van der Waals surface area contributed by atoms with E-state index in [1.54, 1.807) is 19.1 Å². The number of carbonyl (C=O) groups excluding carboxylic acids is 1. The Bertz CT molecular complexity index is 846. The van der Waals surface area contributed by atoms with Crippen LogP contribution >= 0.6 is 11.6 Å². The van der Waals surface area contributed by atoms with E-state index >= 15 is 0 Å². The average molecular weight is 380 g/mol. The second-order valence-corrected chi connectivity index (χ2v) is 7.34. The van der Waals surface area contributed by atoms with E-state index in [4.69, 9.17) is 16.3 Å². The Morgan fingerprint density at radius 2 is 1.76 bits per heavy atom. The van der Waals surface area contributed by atoms with Crippen molar-refractivity contribution in [2.75, 3.05) is 17.5 Å². The van der Waals surface area contributed by atoms with Crippen LogP contribution < -0.4 is 4.31 Å². The van der Waals surface area contributed by atoms with E-state index in [0.717, 1.165) is 0 Å². The van der Waals surface area contributed by atoms with E-state index in [2.05, 4.69) is 6.58 Å². The molecule has 2 rings (SSSR count). The van der Waals surface area contributed by atoms with Gasteiger partial charge in [-0.1, -0.05) is 17.7 Å².